The van der Waals surface area contributed by atoms with Gasteiger partial charge in [-0.15, -0.1) is 0 Å². The Balaban J connectivity index is 4.00. The molecule has 3 N–H and O–H groups in total. The van der Waals surface area contributed by atoms with Crippen molar-refractivity contribution in [1.82, 2.24) is 0 Å². The average molecular weight is 262 g/mol. The Hall–Kier alpha value is -0.0700. The molecule has 0 saturated carbocycles. The van der Waals surface area contributed by atoms with Gasteiger partial charge in [-0.25, -0.2) is 9.13 Å². The van der Waals surface area contributed by atoms with Crippen LogP contribution in [0.3, 0.4) is 0 Å². The second kappa shape index (κ2) is 5.86. The van der Waals surface area contributed by atoms with E-state index in [2.05, 4.69) is 8.83 Å². The molecule has 0 aliphatic rings. The largest absolute Gasteiger partial charge is 0.481 e. The van der Waals surface area contributed by atoms with Gasteiger partial charge in [-0.05, 0) is 6.42 Å². The monoisotopic (exact) mass is 262 g/mol. The van der Waals surface area contributed by atoms with Crippen molar-refractivity contribution in [2.24, 2.45) is 5.92 Å². The first kappa shape index (κ1) is 14.9. The zero-order chi connectivity index (χ0) is 12.1. The number of phosphoric ester groups is 1. The lowest BCUT2D eigenvalue weighted by molar-refractivity contribution is -0.111. The van der Waals surface area contributed by atoms with E-state index in [0.717, 1.165) is 0 Å². The van der Waals surface area contributed by atoms with Gasteiger partial charge in [0.25, 0.3) is 0 Å². The summed E-state index contributed by atoms with van der Waals surface area (Å²) in [6, 6.07) is 0. The molecular formula is C5H12O8P2. The quantitative estimate of drug-likeness (QED) is 0.445. The van der Waals surface area contributed by atoms with Crippen LogP contribution in [0.2, 0.25) is 0 Å². The van der Waals surface area contributed by atoms with E-state index in [1.807, 2.05) is 0 Å². The van der Waals surface area contributed by atoms with Crippen LogP contribution in [-0.4, -0.2) is 27.6 Å². The Bertz CT molecular complexity index is 295. The molecule has 0 bridgehead atoms. The average Bonchev–Trinajstić information content (AvgIpc) is 1.98. The lowest BCUT2D eigenvalue weighted by Crippen LogP contribution is -2.02. The van der Waals surface area contributed by atoms with E-state index in [9.17, 15) is 13.9 Å². The third kappa shape index (κ3) is 8.89. The van der Waals surface area contributed by atoms with Gasteiger partial charge in [-0.1, -0.05) is 6.92 Å². The second-order valence-corrected chi connectivity index (χ2v) is 5.61. The third-order valence-electron chi connectivity index (χ3n) is 1.27. The maximum atomic E-state index is 10.8. The Morgan fingerprint density at radius 1 is 1.33 bits per heavy atom. The molecule has 0 aliphatic carbocycles. The summed E-state index contributed by atoms with van der Waals surface area (Å²) < 4.78 is 28.8. The van der Waals surface area contributed by atoms with Crippen LogP contribution in [0.25, 0.3) is 0 Å². The van der Waals surface area contributed by atoms with Crippen LogP contribution in [0.1, 0.15) is 13.3 Å². The first-order chi connectivity index (χ1) is 6.66. The molecule has 0 aromatic carbocycles. The van der Waals surface area contributed by atoms with Gasteiger partial charge in [-0.3, -0.25) is 4.52 Å². The van der Waals surface area contributed by atoms with Gasteiger partial charge < -0.3 is 19.5 Å². The van der Waals surface area contributed by atoms with E-state index in [1.54, 1.807) is 6.92 Å². The van der Waals surface area contributed by atoms with Crippen molar-refractivity contribution in [3.63, 3.8) is 0 Å². The van der Waals surface area contributed by atoms with Crippen molar-refractivity contribution >= 4 is 21.9 Å². The lowest BCUT2D eigenvalue weighted by atomic mass is 10.1. The van der Waals surface area contributed by atoms with Crippen LogP contribution in [0.5, 0.6) is 0 Å². The predicted molar refractivity (Wildman–Crippen MR) is 48.8 cm³/mol. The highest BCUT2D eigenvalue weighted by molar-refractivity contribution is 7.60. The van der Waals surface area contributed by atoms with Crippen molar-refractivity contribution in [3.05, 3.63) is 0 Å². The molecule has 15 heavy (non-hydrogen) atoms. The Morgan fingerprint density at radius 3 is 2.27 bits per heavy atom. The zero-order valence-corrected chi connectivity index (χ0v) is 9.64. The fraction of sp³-hybridized carbons (Fsp3) is 0.800. The third-order valence-corrected chi connectivity index (χ3v) is 3.45. The van der Waals surface area contributed by atoms with E-state index in [4.69, 9.17) is 14.7 Å². The van der Waals surface area contributed by atoms with E-state index in [-0.39, 0.29) is 18.9 Å². The van der Waals surface area contributed by atoms with Crippen molar-refractivity contribution in [3.8, 4) is 0 Å². The molecule has 0 radical (unpaired) electrons. The van der Waals surface area contributed by atoms with Gasteiger partial charge in [0.2, 0.25) is 0 Å². The highest BCUT2D eigenvalue weighted by atomic mass is 31.3. The van der Waals surface area contributed by atoms with Crippen LogP contribution >= 0.6 is 15.6 Å². The number of carbonyl (C=O) groups excluding carboxylic acids is 1. The lowest BCUT2D eigenvalue weighted by Gasteiger charge is -2.12. The Kier molecular flexibility index (Phi) is 5.84. The van der Waals surface area contributed by atoms with Crippen molar-refractivity contribution in [1.29, 1.82) is 0 Å². The van der Waals surface area contributed by atoms with Gasteiger partial charge >= 0.3 is 15.6 Å². The van der Waals surface area contributed by atoms with Gasteiger partial charge in [-0.2, -0.15) is 4.31 Å². The summed E-state index contributed by atoms with van der Waals surface area (Å²) in [5, 5.41) is 0. The molecule has 0 saturated heterocycles. The molecule has 10 heteroatoms. The summed E-state index contributed by atoms with van der Waals surface area (Å²) in [4.78, 5) is 35.4. The summed E-state index contributed by atoms with van der Waals surface area (Å²) in [6.07, 6.45) is 0.772. The van der Waals surface area contributed by atoms with Crippen LogP contribution in [-0.2, 0) is 22.8 Å². The van der Waals surface area contributed by atoms with Crippen molar-refractivity contribution in [2.45, 2.75) is 13.3 Å². The molecular weight excluding hydrogens is 250 g/mol. The van der Waals surface area contributed by atoms with Gasteiger partial charge in [0.05, 0.1) is 6.61 Å². The minimum Gasteiger partial charge on any atom is -0.303 e. The highest BCUT2D eigenvalue weighted by Gasteiger charge is 2.32. The first-order valence-corrected chi connectivity index (χ1v) is 6.88. The summed E-state index contributed by atoms with van der Waals surface area (Å²) >= 11 is 0. The fourth-order valence-electron chi connectivity index (χ4n) is 0.580. The molecule has 0 aliphatic heterocycles. The second-order valence-electron chi connectivity index (χ2n) is 2.78. The maximum Gasteiger partial charge on any atom is 0.481 e. The number of carbonyl (C=O) groups is 1. The van der Waals surface area contributed by atoms with Crippen LogP contribution in [0, 0.1) is 5.92 Å². The smallest absolute Gasteiger partial charge is 0.303 e. The normalized spacial score (nSPS) is 18.1. The minimum absolute atomic E-state index is 0.151. The Labute approximate surface area is 86.1 Å². The number of phosphoric acid groups is 2. The predicted octanol–water partition coefficient (Wildman–Crippen LogP) is 0.438. The highest BCUT2D eigenvalue weighted by Crippen LogP contribution is 2.57. The SMILES string of the molecule is CC(C=O)CCOP(=O)(O)OP(=O)(O)O. The molecule has 0 heterocycles. The van der Waals surface area contributed by atoms with Crippen LogP contribution < -0.4 is 0 Å². The molecule has 0 amide bonds. The molecule has 90 valence electrons. The van der Waals surface area contributed by atoms with E-state index in [0.29, 0.717) is 6.29 Å². The maximum absolute atomic E-state index is 10.8. The van der Waals surface area contributed by atoms with Crippen LogP contribution in [0.4, 0.5) is 0 Å². The van der Waals surface area contributed by atoms with E-state index < -0.39 is 15.6 Å². The topological polar surface area (TPSA) is 130 Å². The van der Waals surface area contributed by atoms with Crippen LogP contribution in [0.15, 0.2) is 0 Å². The first-order valence-electron chi connectivity index (χ1n) is 3.86. The fourth-order valence-corrected chi connectivity index (χ4v) is 2.18. The summed E-state index contributed by atoms with van der Waals surface area (Å²) in [5.41, 5.74) is 0. The van der Waals surface area contributed by atoms with E-state index >= 15 is 0 Å². The molecule has 8 nitrogen and oxygen atoms in total. The number of aldehydes is 1. The summed E-state index contributed by atoms with van der Waals surface area (Å²) in [6.45, 7) is 1.25. The minimum atomic E-state index is -5.07. The number of rotatable bonds is 7. The number of hydrogen-bond acceptors (Lipinski definition) is 5. The molecule has 0 rings (SSSR count). The molecule has 0 spiro atoms. The summed E-state index contributed by atoms with van der Waals surface area (Å²) in [5.74, 6) is -0.375. The molecule has 0 aromatic heterocycles. The van der Waals surface area contributed by atoms with Gasteiger partial charge in [0, 0.05) is 5.92 Å². The van der Waals surface area contributed by atoms with Crippen molar-refractivity contribution < 1.29 is 37.4 Å². The standard InChI is InChI=1S/C5H12O8P2/c1-5(4-6)2-3-12-15(10,11)13-14(7,8)9/h4-5H,2-3H2,1H3,(H,10,11)(H2,7,8,9). The number of hydrogen-bond donors (Lipinski definition) is 3. The van der Waals surface area contributed by atoms with E-state index in [1.165, 1.54) is 0 Å². The van der Waals surface area contributed by atoms with Crippen molar-refractivity contribution in [2.75, 3.05) is 6.61 Å². The zero-order valence-electron chi connectivity index (χ0n) is 7.85. The molecule has 0 fully saturated rings. The summed E-state index contributed by atoms with van der Waals surface area (Å²) in [7, 11) is -9.83. The Morgan fingerprint density at radius 2 is 1.87 bits per heavy atom. The molecule has 2 unspecified atom stereocenters. The van der Waals surface area contributed by atoms with Gasteiger partial charge in [0.15, 0.2) is 0 Å². The molecule has 0 aromatic rings. The van der Waals surface area contributed by atoms with Gasteiger partial charge in [0.1, 0.15) is 6.29 Å². The molecule has 2 atom stereocenters.